The molecule has 0 aromatic heterocycles. The maximum atomic E-state index is 13.0. The van der Waals surface area contributed by atoms with Crippen LogP contribution in [0.15, 0.2) is 47.4 Å². The number of para-hydroxylation sites is 1. The van der Waals surface area contributed by atoms with Gasteiger partial charge in [0.1, 0.15) is 0 Å². The number of carbonyl (C=O) groups excluding carboxylic acids is 1. The first-order valence-electron chi connectivity index (χ1n) is 8.63. The van der Waals surface area contributed by atoms with Crippen LogP contribution in [0.3, 0.4) is 0 Å². The molecule has 1 heterocycles. The lowest BCUT2D eigenvalue weighted by atomic mass is 10.2. The maximum Gasteiger partial charge on any atom is 0.418 e. The van der Waals surface area contributed by atoms with Crippen LogP contribution in [0.4, 0.5) is 18.9 Å². The van der Waals surface area contributed by atoms with Crippen molar-refractivity contribution in [1.29, 1.82) is 0 Å². The molecule has 2 aromatic rings. The fraction of sp³-hybridized carbons (Fsp3) is 0.278. The van der Waals surface area contributed by atoms with Crippen LogP contribution >= 0.6 is 11.6 Å². The van der Waals surface area contributed by atoms with Gasteiger partial charge in [-0.1, -0.05) is 23.7 Å². The fourth-order valence-corrected chi connectivity index (χ4v) is 4.69. The summed E-state index contributed by atoms with van der Waals surface area (Å²) in [7, 11) is -3.78. The van der Waals surface area contributed by atoms with Crippen molar-refractivity contribution in [2.45, 2.75) is 23.9 Å². The van der Waals surface area contributed by atoms with E-state index in [-0.39, 0.29) is 21.2 Å². The minimum atomic E-state index is -4.62. The van der Waals surface area contributed by atoms with E-state index in [9.17, 15) is 26.4 Å². The van der Waals surface area contributed by atoms with E-state index in [0.29, 0.717) is 13.1 Å². The van der Waals surface area contributed by atoms with Crippen LogP contribution in [0.2, 0.25) is 5.02 Å². The number of halogens is 4. The number of alkyl halides is 3. The van der Waals surface area contributed by atoms with Crippen LogP contribution in [-0.2, 0) is 16.2 Å². The Morgan fingerprint density at radius 3 is 2.38 bits per heavy atom. The Hall–Kier alpha value is -2.30. The molecule has 1 aliphatic heterocycles. The Labute approximate surface area is 170 Å². The molecule has 2 N–H and O–H groups in total. The highest BCUT2D eigenvalue weighted by atomic mass is 35.5. The van der Waals surface area contributed by atoms with Gasteiger partial charge in [0.2, 0.25) is 10.0 Å². The van der Waals surface area contributed by atoms with E-state index < -0.39 is 27.7 Å². The van der Waals surface area contributed by atoms with Crippen LogP contribution in [0.1, 0.15) is 28.8 Å². The molecule has 11 heteroatoms. The number of nitrogens with zero attached hydrogens (tertiary/aromatic N) is 1. The van der Waals surface area contributed by atoms with Crippen molar-refractivity contribution in [3.8, 4) is 0 Å². The molecule has 1 amide bonds. The lowest BCUT2D eigenvalue weighted by Crippen LogP contribution is -2.31. The summed E-state index contributed by atoms with van der Waals surface area (Å²) in [6, 6.07) is 8.29. The van der Waals surface area contributed by atoms with E-state index in [2.05, 4.69) is 10.9 Å². The normalized spacial score (nSPS) is 15.3. The zero-order valence-corrected chi connectivity index (χ0v) is 16.5. The summed E-state index contributed by atoms with van der Waals surface area (Å²) in [4.78, 5) is 12.3. The number of anilines is 1. The van der Waals surface area contributed by atoms with Crippen LogP contribution < -0.4 is 10.9 Å². The van der Waals surface area contributed by atoms with Gasteiger partial charge in [-0.15, -0.1) is 0 Å². The van der Waals surface area contributed by atoms with Crippen molar-refractivity contribution in [2.75, 3.05) is 18.5 Å². The Balaban J connectivity index is 1.82. The third-order valence-corrected chi connectivity index (χ3v) is 6.65. The number of rotatable bonds is 5. The third-order valence-electron chi connectivity index (χ3n) is 4.43. The van der Waals surface area contributed by atoms with Gasteiger partial charge >= 0.3 is 6.18 Å². The quantitative estimate of drug-likeness (QED) is 0.681. The third kappa shape index (κ3) is 4.65. The highest BCUT2D eigenvalue weighted by Gasteiger charge is 2.33. The summed E-state index contributed by atoms with van der Waals surface area (Å²) in [5.41, 5.74) is 2.86. The second-order valence-corrected chi connectivity index (χ2v) is 8.72. The minimum absolute atomic E-state index is 0.0335. The molecule has 1 aliphatic rings. The van der Waals surface area contributed by atoms with Gasteiger partial charge in [-0.25, -0.2) is 8.42 Å². The smallest absolute Gasteiger partial charge is 0.298 e. The topological polar surface area (TPSA) is 78.5 Å². The molecule has 156 valence electrons. The van der Waals surface area contributed by atoms with Crippen molar-refractivity contribution in [2.24, 2.45) is 0 Å². The number of sulfonamides is 1. The number of benzene rings is 2. The number of nitrogens with one attached hydrogen (secondary N) is 2. The summed E-state index contributed by atoms with van der Waals surface area (Å²) in [5, 5.41) is -0.0335. The summed E-state index contributed by atoms with van der Waals surface area (Å²) < 4.78 is 65.8. The van der Waals surface area contributed by atoms with Gasteiger partial charge in [-0.05, 0) is 43.2 Å². The van der Waals surface area contributed by atoms with Crippen molar-refractivity contribution in [1.82, 2.24) is 9.73 Å². The SMILES string of the molecule is O=C(NNc1ccccc1C(F)(F)F)c1cc(S(=O)(=O)N2CCCC2)ccc1Cl. The predicted molar refractivity (Wildman–Crippen MR) is 102 cm³/mol. The van der Waals surface area contributed by atoms with Crippen molar-refractivity contribution < 1.29 is 26.4 Å². The van der Waals surface area contributed by atoms with E-state index in [1.54, 1.807) is 0 Å². The number of hydrogen-bond donors (Lipinski definition) is 2. The molecule has 0 aliphatic carbocycles. The Morgan fingerprint density at radius 2 is 1.72 bits per heavy atom. The molecule has 2 aromatic carbocycles. The predicted octanol–water partition coefficient (Wildman–Crippen LogP) is 3.90. The summed E-state index contributed by atoms with van der Waals surface area (Å²) in [6.07, 6.45) is -3.11. The van der Waals surface area contributed by atoms with E-state index in [0.717, 1.165) is 31.0 Å². The monoisotopic (exact) mass is 447 g/mol. The largest absolute Gasteiger partial charge is 0.418 e. The van der Waals surface area contributed by atoms with Gasteiger partial charge in [0.25, 0.3) is 5.91 Å². The molecular formula is C18H17ClF3N3O3S. The number of hydrogen-bond acceptors (Lipinski definition) is 4. The summed E-state index contributed by atoms with van der Waals surface area (Å²) in [6.45, 7) is 0.782. The second-order valence-electron chi connectivity index (χ2n) is 6.38. The van der Waals surface area contributed by atoms with E-state index in [1.165, 1.54) is 28.6 Å². The van der Waals surface area contributed by atoms with E-state index >= 15 is 0 Å². The van der Waals surface area contributed by atoms with Crippen LogP contribution in [0, 0.1) is 0 Å². The fourth-order valence-electron chi connectivity index (χ4n) is 2.95. The number of hydrazine groups is 1. The average Bonchev–Trinajstić information content (AvgIpc) is 3.21. The maximum absolute atomic E-state index is 13.0. The zero-order valence-electron chi connectivity index (χ0n) is 15.0. The second kappa shape index (κ2) is 8.21. The molecule has 1 fully saturated rings. The first-order chi connectivity index (χ1) is 13.6. The molecule has 3 rings (SSSR count). The van der Waals surface area contributed by atoms with Gasteiger partial charge in [0, 0.05) is 13.1 Å². The lowest BCUT2D eigenvalue weighted by Gasteiger charge is -2.17. The molecule has 0 unspecified atom stereocenters. The molecular weight excluding hydrogens is 431 g/mol. The molecule has 0 spiro atoms. The van der Waals surface area contributed by atoms with Crippen molar-refractivity contribution in [3.05, 3.63) is 58.6 Å². The molecule has 1 saturated heterocycles. The van der Waals surface area contributed by atoms with E-state index in [4.69, 9.17) is 11.6 Å². The van der Waals surface area contributed by atoms with Crippen molar-refractivity contribution >= 4 is 33.2 Å². The molecule has 0 atom stereocenters. The minimum Gasteiger partial charge on any atom is -0.298 e. The highest BCUT2D eigenvalue weighted by Crippen LogP contribution is 2.34. The first kappa shape index (κ1) is 21.4. The van der Waals surface area contributed by atoms with E-state index in [1.807, 2.05) is 0 Å². The number of carbonyl (C=O) groups is 1. The highest BCUT2D eigenvalue weighted by molar-refractivity contribution is 7.89. The molecule has 6 nitrogen and oxygen atoms in total. The first-order valence-corrected chi connectivity index (χ1v) is 10.4. The van der Waals surface area contributed by atoms with Gasteiger partial charge in [-0.2, -0.15) is 17.5 Å². The Kier molecular flexibility index (Phi) is 6.06. The van der Waals surface area contributed by atoms with Crippen LogP contribution in [0.5, 0.6) is 0 Å². The van der Waals surface area contributed by atoms with Gasteiger partial charge in [-0.3, -0.25) is 15.6 Å². The van der Waals surface area contributed by atoms with Gasteiger partial charge < -0.3 is 0 Å². The van der Waals surface area contributed by atoms with Crippen LogP contribution in [0.25, 0.3) is 0 Å². The zero-order chi connectivity index (χ0) is 21.2. The average molecular weight is 448 g/mol. The molecule has 0 bridgehead atoms. The summed E-state index contributed by atoms with van der Waals surface area (Å²) >= 11 is 6.01. The standard InChI is InChI=1S/C18H17ClF3N3O3S/c19-15-8-7-12(29(27,28)25-9-3-4-10-25)11-13(15)17(26)24-23-16-6-2-1-5-14(16)18(20,21)22/h1-2,5-8,11,23H,3-4,9-10H2,(H,24,26). The van der Waals surface area contributed by atoms with Gasteiger partial charge in [0.05, 0.1) is 26.7 Å². The van der Waals surface area contributed by atoms with Gasteiger partial charge in [0.15, 0.2) is 0 Å². The Bertz CT molecular complexity index is 1020. The Morgan fingerprint density at radius 1 is 1.07 bits per heavy atom. The molecule has 29 heavy (non-hydrogen) atoms. The number of amides is 1. The lowest BCUT2D eigenvalue weighted by molar-refractivity contribution is -0.137. The molecule has 0 saturated carbocycles. The van der Waals surface area contributed by atoms with Crippen molar-refractivity contribution in [3.63, 3.8) is 0 Å². The molecule has 0 radical (unpaired) electrons. The van der Waals surface area contributed by atoms with Crippen LogP contribution in [-0.4, -0.2) is 31.7 Å². The summed E-state index contributed by atoms with van der Waals surface area (Å²) in [5.74, 6) is -0.870.